The molecule has 5 nitrogen and oxygen atoms in total. The highest BCUT2D eigenvalue weighted by molar-refractivity contribution is 5.78. The van der Waals surface area contributed by atoms with Crippen LogP contribution >= 0.6 is 0 Å². The molecular weight excluding hydrogens is 284 g/mol. The van der Waals surface area contributed by atoms with Crippen LogP contribution in [0.3, 0.4) is 0 Å². The van der Waals surface area contributed by atoms with E-state index in [1.807, 2.05) is 44.2 Å². The lowest BCUT2D eigenvalue weighted by Gasteiger charge is -2.27. The summed E-state index contributed by atoms with van der Waals surface area (Å²) >= 11 is 0. The molecule has 2 N–H and O–H groups in total. The zero-order valence-electron chi connectivity index (χ0n) is 13.4. The van der Waals surface area contributed by atoms with E-state index in [9.17, 15) is 9.90 Å². The first kappa shape index (κ1) is 16.9. The highest BCUT2D eigenvalue weighted by Gasteiger charge is 2.67. The predicted octanol–water partition coefficient (Wildman–Crippen LogP) is 2.63. The zero-order chi connectivity index (χ0) is 16.5. The molecule has 0 amide bonds. The minimum atomic E-state index is -1.13. The normalized spacial score (nSPS) is 24.6. The number of hydrogen-bond acceptors (Lipinski definition) is 5. The Kier molecular flexibility index (Phi) is 4.61. The van der Waals surface area contributed by atoms with Crippen molar-refractivity contribution in [2.75, 3.05) is 0 Å². The molecule has 3 unspecified atom stereocenters. The van der Waals surface area contributed by atoms with Gasteiger partial charge in [-0.05, 0) is 24.8 Å². The summed E-state index contributed by atoms with van der Waals surface area (Å²) < 4.78 is 5.36. The van der Waals surface area contributed by atoms with Gasteiger partial charge in [-0.1, -0.05) is 44.2 Å². The zero-order valence-corrected chi connectivity index (χ0v) is 13.4. The van der Waals surface area contributed by atoms with E-state index in [2.05, 4.69) is 4.89 Å². The average Bonchev–Trinajstić information content (AvgIpc) is 3.07. The predicted molar refractivity (Wildman–Crippen MR) is 80.8 cm³/mol. The van der Waals surface area contributed by atoms with Crippen molar-refractivity contribution in [3.05, 3.63) is 35.9 Å². The molecule has 0 radical (unpaired) electrons. The smallest absolute Gasteiger partial charge is 0.310 e. The highest BCUT2D eigenvalue weighted by atomic mass is 17.1. The van der Waals surface area contributed by atoms with Crippen LogP contribution in [-0.4, -0.2) is 28.0 Å². The van der Waals surface area contributed by atoms with Gasteiger partial charge in [-0.2, -0.15) is 0 Å². The third-order valence-electron chi connectivity index (χ3n) is 4.68. The van der Waals surface area contributed by atoms with Gasteiger partial charge < -0.3 is 9.84 Å². The molecule has 0 saturated heterocycles. The van der Waals surface area contributed by atoms with Crippen LogP contribution in [0, 0.1) is 17.3 Å². The first-order valence-electron chi connectivity index (χ1n) is 7.43. The second kappa shape index (κ2) is 5.99. The van der Waals surface area contributed by atoms with E-state index in [1.54, 1.807) is 13.8 Å². The lowest BCUT2D eigenvalue weighted by molar-refractivity contribution is -0.336. The van der Waals surface area contributed by atoms with Crippen molar-refractivity contribution in [1.82, 2.24) is 0 Å². The molecule has 1 aliphatic rings. The molecule has 1 aromatic carbocycles. The SMILES string of the molecule is CC(C)(OO)C(O)C1C(C(=O)OCc2ccccc2)C1(C)C. The fourth-order valence-corrected chi connectivity index (χ4v) is 3.02. The number of rotatable bonds is 6. The van der Waals surface area contributed by atoms with Crippen LogP contribution in [0.1, 0.15) is 33.3 Å². The van der Waals surface area contributed by atoms with Crippen LogP contribution in [0.5, 0.6) is 0 Å². The summed E-state index contributed by atoms with van der Waals surface area (Å²) in [6.45, 7) is 7.19. The molecule has 22 heavy (non-hydrogen) atoms. The molecule has 0 heterocycles. The number of ether oxygens (including phenoxy) is 1. The summed E-state index contributed by atoms with van der Waals surface area (Å²) in [7, 11) is 0. The molecule has 0 bridgehead atoms. The summed E-state index contributed by atoms with van der Waals surface area (Å²) in [6, 6.07) is 9.45. The number of carbonyl (C=O) groups excluding carboxylic acids is 1. The Balaban J connectivity index is 1.99. The summed E-state index contributed by atoms with van der Waals surface area (Å²) in [5, 5.41) is 19.3. The molecule has 1 fully saturated rings. The quantitative estimate of drug-likeness (QED) is 0.480. The van der Waals surface area contributed by atoms with Gasteiger partial charge in [0.05, 0.1) is 12.0 Å². The maximum atomic E-state index is 12.3. The molecule has 122 valence electrons. The van der Waals surface area contributed by atoms with E-state index in [1.165, 1.54) is 0 Å². The van der Waals surface area contributed by atoms with Crippen LogP contribution < -0.4 is 0 Å². The molecule has 0 aliphatic heterocycles. The summed E-state index contributed by atoms with van der Waals surface area (Å²) in [4.78, 5) is 16.6. The van der Waals surface area contributed by atoms with E-state index in [0.717, 1.165) is 5.56 Å². The Morgan fingerprint density at radius 2 is 1.91 bits per heavy atom. The van der Waals surface area contributed by atoms with Gasteiger partial charge in [-0.15, -0.1) is 0 Å². The van der Waals surface area contributed by atoms with E-state index >= 15 is 0 Å². The molecule has 5 heteroatoms. The third kappa shape index (κ3) is 3.16. The molecule has 1 aliphatic carbocycles. The van der Waals surface area contributed by atoms with E-state index in [-0.39, 0.29) is 23.9 Å². The van der Waals surface area contributed by atoms with Crippen molar-refractivity contribution >= 4 is 5.97 Å². The van der Waals surface area contributed by atoms with Gasteiger partial charge in [0.15, 0.2) is 0 Å². The topological polar surface area (TPSA) is 76.0 Å². The van der Waals surface area contributed by atoms with Gasteiger partial charge in [0, 0.05) is 5.92 Å². The van der Waals surface area contributed by atoms with Crippen molar-refractivity contribution in [3.63, 3.8) is 0 Å². The number of hydrogen-bond donors (Lipinski definition) is 2. The number of aliphatic hydroxyl groups excluding tert-OH is 1. The lowest BCUT2D eigenvalue weighted by Crippen LogP contribution is -2.41. The maximum Gasteiger partial charge on any atom is 0.310 e. The number of carbonyl (C=O) groups is 1. The van der Waals surface area contributed by atoms with Crippen LogP contribution in [0.4, 0.5) is 0 Å². The van der Waals surface area contributed by atoms with Crippen molar-refractivity contribution in [2.24, 2.45) is 17.3 Å². The van der Waals surface area contributed by atoms with Gasteiger partial charge in [-0.25, -0.2) is 4.89 Å². The number of benzene rings is 1. The third-order valence-corrected chi connectivity index (χ3v) is 4.68. The second-order valence-electron chi connectivity index (χ2n) is 7.06. The fourth-order valence-electron chi connectivity index (χ4n) is 3.02. The average molecular weight is 308 g/mol. The van der Waals surface area contributed by atoms with Crippen LogP contribution in [0.2, 0.25) is 0 Å². The van der Waals surface area contributed by atoms with Gasteiger partial charge >= 0.3 is 5.97 Å². The van der Waals surface area contributed by atoms with E-state index < -0.39 is 17.6 Å². The first-order valence-corrected chi connectivity index (χ1v) is 7.43. The van der Waals surface area contributed by atoms with Gasteiger partial charge in [0.2, 0.25) is 0 Å². The largest absolute Gasteiger partial charge is 0.461 e. The van der Waals surface area contributed by atoms with Crippen LogP contribution in [-0.2, 0) is 21.0 Å². The Morgan fingerprint density at radius 1 is 1.32 bits per heavy atom. The lowest BCUT2D eigenvalue weighted by atomic mass is 9.93. The van der Waals surface area contributed by atoms with Gasteiger partial charge in [0.25, 0.3) is 0 Å². The maximum absolute atomic E-state index is 12.3. The molecule has 0 aromatic heterocycles. The monoisotopic (exact) mass is 308 g/mol. The molecule has 0 spiro atoms. The Labute approximate surface area is 130 Å². The minimum absolute atomic E-state index is 0.217. The first-order chi connectivity index (χ1) is 10.2. The van der Waals surface area contributed by atoms with Crippen molar-refractivity contribution in [1.29, 1.82) is 0 Å². The molecule has 3 atom stereocenters. The summed E-state index contributed by atoms with van der Waals surface area (Å²) in [5.41, 5.74) is -0.593. The minimum Gasteiger partial charge on any atom is -0.461 e. The number of esters is 1. The van der Waals surface area contributed by atoms with E-state index in [4.69, 9.17) is 9.99 Å². The van der Waals surface area contributed by atoms with E-state index in [0.29, 0.717) is 0 Å². The van der Waals surface area contributed by atoms with Crippen molar-refractivity contribution < 1.29 is 24.8 Å². The summed E-state index contributed by atoms with van der Waals surface area (Å²) in [6.07, 6.45) is -0.957. The Bertz CT molecular complexity index is 523. The Hall–Kier alpha value is -1.43. The molecular formula is C17H24O5. The number of aliphatic hydroxyl groups is 1. The standard InChI is InChI=1S/C17H24O5/c1-16(2)12(14(18)17(3,4)22-20)13(16)15(19)21-10-11-8-6-5-7-9-11/h5-9,12-14,18,20H,10H2,1-4H3. The van der Waals surface area contributed by atoms with Gasteiger partial charge in [0.1, 0.15) is 12.2 Å². The highest BCUT2D eigenvalue weighted by Crippen LogP contribution is 2.61. The fraction of sp³-hybridized carbons (Fsp3) is 0.588. The molecule has 1 aromatic rings. The van der Waals surface area contributed by atoms with Gasteiger partial charge in [-0.3, -0.25) is 10.1 Å². The van der Waals surface area contributed by atoms with Crippen molar-refractivity contribution in [3.8, 4) is 0 Å². The second-order valence-corrected chi connectivity index (χ2v) is 7.06. The van der Waals surface area contributed by atoms with Crippen LogP contribution in [0.15, 0.2) is 30.3 Å². The Morgan fingerprint density at radius 3 is 2.45 bits per heavy atom. The molecule has 2 rings (SSSR count). The van der Waals surface area contributed by atoms with Crippen LogP contribution in [0.25, 0.3) is 0 Å². The summed E-state index contributed by atoms with van der Waals surface area (Å²) in [5.74, 6) is -1.04. The van der Waals surface area contributed by atoms with Crippen molar-refractivity contribution in [2.45, 2.75) is 46.0 Å². The molecule has 1 saturated carbocycles.